The number of thioether (sulfide) groups is 1. The summed E-state index contributed by atoms with van der Waals surface area (Å²) in [5, 5.41) is 17.4. The Morgan fingerprint density at radius 2 is 1.89 bits per heavy atom. The fourth-order valence-corrected chi connectivity index (χ4v) is 5.11. The number of hydrogen-bond acceptors (Lipinski definition) is 8. The third-order valence-corrected chi connectivity index (χ3v) is 6.65. The molecule has 0 aliphatic rings. The second-order valence-corrected chi connectivity index (χ2v) is 9.93. The Labute approximate surface area is 177 Å². The van der Waals surface area contributed by atoms with Crippen molar-refractivity contribution in [1.82, 2.24) is 15.2 Å². The molecule has 148 valence electrons. The monoisotopic (exact) mass is 433 g/mol. The smallest absolute Gasteiger partial charge is 0.239 e. The van der Waals surface area contributed by atoms with E-state index in [9.17, 15) is 4.79 Å². The van der Waals surface area contributed by atoms with E-state index in [4.69, 9.17) is 0 Å². The average Bonchev–Trinajstić information content (AvgIpc) is 3.31. The van der Waals surface area contributed by atoms with Crippen LogP contribution in [0.2, 0.25) is 0 Å². The van der Waals surface area contributed by atoms with Gasteiger partial charge >= 0.3 is 0 Å². The molecule has 6 nitrogen and oxygen atoms in total. The van der Waals surface area contributed by atoms with Crippen LogP contribution in [0.4, 0.5) is 10.3 Å². The number of thiazole rings is 1. The highest BCUT2D eigenvalue weighted by Crippen LogP contribution is 2.30. The molecule has 0 aliphatic carbocycles. The number of carbonyl (C=O) groups excluding carboxylic acids is 1. The molecule has 0 saturated heterocycles. The van der Waals surface area contributed by atoms with Gasteiger partial charge in [-0.15, -0.1) is 21.5 Å². The highest BCUT2D eigenvalue weighted by molar-refractivity contribution is 8.02. The van der Waals surface area contributed by atoms with Gasteiger partial charge in [-0.25, -0.2) is 4.98 Å². The number of carbonyl (C=O) groups is 1. The number of amides is 1. The van der Waals surface area contributed by atoms with E-state index in [0.717, 1.165) is 27.1 Å². The maximum Gasteiger partial charge on any atom is 0.239 e. The molecule has 0 saturated carbocycles. The summed E-state index contributed by atoms with van der Waals surface area (Å²) in [5.41, 5.74) is 3.22. The van der Waals surface area contributed by atoms with Crippen LogP contribution in [0, 0.1) is 0 Å². The van der Waals surface area contributed by atoms with Crippen LogP contribution in [-0.2, 0) is 11.2 Å². The lowest BCUT2D eigenvalue weighted by Crippen LogP contribution is -2.22. The molecule has 1 unspecified atom stereocenters. The van der Waals surface area contributed by atoms with Crippen LogP contribution in [0.5, 0.6) is 0 Å². The van der Waals surface area contributed by atoms with Crippen molar-refractivity contribution in [3.8, 4) is 11.3 Å². The van der Waals surface area contributed by atoms with Crippen molar-refractivity contribution in [1.29, 1.82) is 0 Å². The predicted octanol–water partition coefficient (Wildman–Crippen LogP) is 5.16. The molecular weight excluding hydrogens is 410 g/mol. The zero-order valence-electron chi connectivity index (χ0n) is 16.2. The number of nitrogens with zero attached hydrogens (tertiary/aromatic N) is 3. The van der Waals surface area contributed by atoms with Gasteiger partial charge in [-0.05, 0) is 32.8 Å². The molecule has 2 N–H and O–H groups in total. The van der Waals surface area contributed by atoms with Crippen LogP contribution in [0.1, 0.15) is 33.3 Å². The molecule has 0 bridgehead atoms. The Balaban J connectivity index is 1.58. The molecular formula is C19H23N5OS3. The lowest BCUT2D eigenvalue weighted by atomic mass is 10.1. The maximum atomic E-state index is 12.5. The van der Waals surface area contributed by atoms with Crippen molar-refractivity contribution in [2.24, 2.45) is 0 Å². The van der Waals surface area contributed by atoms with Crippen LogP contribution in [0.15, 0.2) is 34.0 Å². The molecule has 28 heavy (non-hydrogen) atoms. The highest BCUT2D eigenvalue weighted by Gasteiger charge is 2.19. The zero-order chi connectivity index (χ0) is 20.1. The first kappa shape index (κ1) is 20.8. The standard InChI is InChI=1S/C19H23N5OS3/c1-5-13-6-8-14(9-7-13)15-10-26-17(21-15)22-16(25)12(4)27-19-24-23-18(28-19)20-11(2)3/h6-12H,5H2,1-4H3,(H,20,23)(H,21,22,25). The minimum absolute atomic E-state index is 0.0965. The fraction of sp³-hybridized carbons (Fsp3) is 0.368. The summed E-state index contributed by atoms with van der Waals surface area (Å²) >= 11 is 4.28. The SMILES string of the molecule is CCc1ccc(-c2csc(NC(=O)C(C)Sc3nnc(NC(C)C)s3)n2)cc1. The van der Waals surface area contributed by atoms with Crippen molar-refractivity contribution in [2.75, 3.05) is 10.6 Å². The second kappa shape index (κ2) is 9.49. The number of nitrogens with one attached hydrogen (secondary N) is 2. The number of hydrogen-bond donors (Lipinski definition) is 2. The fourth-order valence-electron chi connectivity index (χ4n) is 2.35. The third-order valence-electron chi connectivity index (χ3n) is 3.86. The van der Waals surface area contributed by atoms with Gasteiger partial charge in [-0.3, -0.25) is 4.79 Å². The lowest BCUT2D eigenvalue weighted by molar-refractivity contribution is -0.115. The summed E-state index contributed by atoms with van der Waals surface area (Å²) in [5.74, 6) is -0.0965. The van der Waals surface area contributed by atoms with E-state index in [1.807, 2.05) is 26.2 Å². The largest absolute Gasteiger partial charge is 0.358 e. The van der Waals surface area contributed by atoms with Crippen LogP contribution >= 0.6 is 34.4 Å². The number of rotatable bonds is 8. The Morgan fingerprint density at radius 1 is 1.14 bits per heavy atom. The number of anilines is 2. The number of aromatic nitrogens is 3. The summed E-state index contributed by atoms with van der Waals surface area (Å²) in [6, 6.07) is 8.64. The van der Waals surface area contributed by atoms with Crippen molar-refractivity contribution < 1.29 is 4.79 Å². The van der Waals surface area contributed by atoms with Gasteiger partial charge in [-0.1, -0.05) is 54.3 Å². The molecule has 0 spiro atoms. The normalized spacial score (nSPS) is 12.2. The first-order chi connectivity index (χ1) is 13.4. The topological polar surface area (TPSA) is 79.8 Å². The van der Waals surface area contributed by atoms with Gasteiger partial charge in [0.2, 0.25) is 11.0 Å². The predicted molar refractivity (Wildman–Crippen MR) is 120 cm³/mol. The lowest BCUT2D eigenvalue weighted by Gasteiger charge is -2.08. The first-order valence-electron chi connectivity index (χ1n) is 9.07. The van der Waals surface area contributed by atoms with Crippen molar-refractivity contribution in [3.63, 3.8) is 0 Å². The van der Waals surface area contributed by atoms with Crippen molar-refractivity contribution >= 4 is 50.6 Å². The first-order valence-corrected chi connectivity index (χ1v) is 11.6. The Hall–Kier alpha value is -1.97. The van der Waals surface area contributed by atoms with Gasteiger partial charge in [0.15, 0.2) is 9.47 Å². The molecule has 0 aliphatic heterocycles. The Kier molecular flexibility index (Phi) is 7.03. The molecule has 2 heterocycles. The van der Waals surface area contributed by atoms with E-state index >= 15 is 0 Å². The molecule has 1 amide bonds. The Morgan fingerprint density at radius 3 is 2.57 bits per heavy atom. The minimum Gasteiger partial charge on any atom is -0.358 e. The second-order valence-electron chi connectivity index (χ2n) is 6.51. The molecule has 1 atom stereocenters. The zero-order valence-corrected chi connectivity index (χ0v) is 18.7. The molecule has 0 radical (unpaired) electrons. The summed E-state index contributed by atoms with van der Waals surface area (Å²) in [4.78, 5) is 17.1. The molecule has 3 aromatic rings. The van der Waals surface area contributed by atoms with E-state index in [1.54, 1.807) is 0 Å². The molecule has 1 aromatic carbocycles. The number of aryl methyl sites for hydroxylation is 1. The van der Waals surface area contributed by atoms with E-state index in [-0.39, 0.29) is 11.2 Å². The maximum absolute atomic E-state index is 12.5. The van der Waals surface area contributed by atoms with E-state index in [2.05, 4.69) is 57.0 Å². The molecule has 2 aromatic heterocycles. The van der Waals surface area contributed by atoms with E-state index in [1.165, 1.54) is 40.0 Å². The third kappa shape index (κ3) is 5.52. The van der Waals surface area contributed by atoms with Gasteiger partial charge in [0.1, 0.15) is 0 Å². The molecule has 9 heteroatoms. The van der Waals surface area contributed by atoms with Gasteiger partial charge in [0.05, 0.1) is 10.9 Å². The van der Waals surface area contributed by atoms with E-state index < -0.39 is 0 Å². The van der Waals surface area contributed by atoms with Gasteiger partial charge in [0.25, 0.3) is 0 Å². The van der Waals surface area contributed by atoms with E-state index in [0.29, 0.717) is 11.2 Å². The highest BCUT2D eigenvalue weighted by atomic mass is 32.2. The molecule has 3 rings (SSSR count). The summed E-state index contributed by atoms with van der Waals surface area (Å²) in [7, 11) is 0. The summed E-state index contributed by atoms with van der Waals surface area (Å²) in [6.45, 7) is 8.08. The van der Waals surface area contributed by atoms with Crippen molar-refractivity contribution in [2.45, 2.75) is 49.7 Å². The van der Waals surface area contributed by atoms with Gasteiger partial charge in [-0.2, -0.15) is 0 Å². The van der Waals surface area contributed by atoms with Crippen LogP contribution in [0.3, 0.4) is 0 Å². The van der Waals surface area contributed by atoms with Gasteiger partial charge in [0, 0.05) is 17.0 Å². The van der Waals surface area contributed by atoms with Crippen LogP contribution in [-0.4, -0.2) is 32.4 Å². The average molecular weight is 434 g/mol. The number of benzene rings is 1. The Bertz CT molecular complexity index is 920. The van der Waals surface area contributed by atoms with Gasteiger partial charge < -0.3 is 10.6 Å². The summed E-state index contributed by atoms with van der Waals surface area (Å²) < 4.78 is 0.765. The van der Waals surface area contributed by atoms with Crippen LogP contribution < -0.4 is 10.6 Å². The van der Waals surface area contributed by atoms with Crippen molar-refractivity contribution in [3.05, 3.63) is 35.2 Å². The minimum atomic E-state index is -0.295. The quantitative estimate of drug-likeness (QED) is 0.478. The van der Waals surface area contributed by atoms with Crippen LogP contribution in [0.25, 0.3) is 11.3 Å². The summed E-state index contributed by atoms with van der Waals surface area (Å²) in [6.07, 6.45) is 1.01. The molecule has 0 fully saturated rings.